The minimum absolute atomic E-state index is 0.112. The Hall–Kier alpha value is -1.25. The summed E-state index contributed by atoms with van der Waals surface area (Å²) in [6.45, 7) is 1.31. The first-order chi connectivity index (χ1) is 8.98. The lowest BCUT2D eigenvalue weighted by Gasteiger charge is -2.18. The number of hydrogen-bond donors (Lipinski definition) is 0. The van der Waals surface area contributed by atoms with Crippen molar-refractivity contribution in [2.24, 2.45) is 0 Å². The molecule has 2 nitrogen and oxygen atoms in total. The summed E-state index contributed by atoms with van der Waals surface area (Å²) in [6.07, 6.45) is -10.5. The molecule has 0 bridgehead atoms. The van der Waals surface area contributed by atoms with Crippen LogP contribution >= 0.6 is 15.9 Å². The summed E-state index contributed by atoms with van der Waals surface area (Å²) in [5, 5.41) is 0. The van der Waals surface area contributed by atoms with Crippen molar-refractivity contribution in [1.29, 1.82) is 0 Å². The van der Waals surface area contributed by atoms with Gasteiger partial charge in [0.1, 0.15) is 0 Å². The average molecular weight is 365 g/mol. The fraction of sp³-hybridized carbons (Fsp3) is 0.364. The molecule has 0 heterocycles. The molecule has 20 heavy (non-hydrogen) atoms. The molecule has 0 atom stereocenters. The second-order valence-electron chi connectivity index (χ2n) is 3.60. The lowest BCUT2D eigenvalue weighted by atomic mass is 10.0. The highest BCUT2D eigenvalue weighted by Crippen LogP contribution is 2.44. The fourth-order valence-corrected chi connectivity index (χ4v) is 2.14. The summed E-state index contributed by atoms with van der Waals surface area (Å²) in [6, 6.07) is 0.779. The van der Waals surface area contributed by atoms with Crippen LogP contribution in [0.2, 0.25) is 0 Å². The number of ether oxygens (including phenoxy) is 1. The number of carbonyl (C=O) groups excluding carboxylic acids is 1. The van der Waals surface area contributed by atoms with Gasteiger partial charge in [-0.1, -0.05) is 15.9 Å². The predicted molar refractivity (Wildman–Crippen MR) is 60.1 cm³/mol. The van der Waals surface area contributed by atoms with E-state index in [0.29, 0.717) is 6.07 Å². The van der Waals surface area contributed by atoms with Crippen LogP contribution in [0.25, 0.3) is 0 Å². The van der Waals surface area contributed by atoms with E-state index < -0.39 is 39.5 Å². The molecule has 0 aromatic heterocycles. The van der Waals surface area contributed by atoms with Crippen molar-refractivity contribution in [2.75, 3.05) is 6.61 Å². The van der Waals surface area contributed by atoms with E-state index in [4.69, 9.17) is 0 Å². The SMILES string of the molecule is CCOC(=O)c1cc(Br)c(C(F)(F)F)c(C(F)(F)F)c1. The van der Waals surface area contributed by atoms with Crippen LogP contribution in [0.3, 0.4) is 0 Å². The third-order valence-electron chi connectivity index (χ3n) is 2.19. The Labute approximate surface area is 117 Å². The van der Waals surface area contributed by atoms with Crippen LogP contribution in [-0.2, 0) is 17.1 Å². The number of alkyl halides is 6. The fourth-order valence-electron chi connectivity index (χ4n) is 1.45. The van der Waals surface area contributed by atoms with E-state index in [1.165, 1.54) is 6.92 Å². The molecule has 9 heteroatoms. The summed E-state index contributed by atoms with van der Waals surface area (Å²) >= 11 is 2.42. The molecule has 0 saturated heterocycles. The molecular weight excluding hydrogens is 358 g/mol. The molecule has 0 unspecified atom stereocenters. The molecule has 1 aromatic carbocycles. The van der Waals surface area contributed by atoms with Gasteiger partial charge in [0, 0.05) is 4.47 Å². The third kappa shape index (κ3) is 3.65. The molecule has 0 saturated carbocycles. The lowest BCUT2D eigenvalue weighted by Crippen LogP contribution is -2.19. The zero-order chi connectivity index (χ0) is 15.7. The molecular formula is C11H7BrF6O2. The minimum atomic E-state index is -5.25. The van der Waals surface area contributed by atoms with Gasteiger partial charge in [0.15, 0.2) is 0 Å². The maximum absolute atomic E-state index is 12.7. The van der Waals surface area contributed by atoms with Crippen molar-refractivity contribution in [2.45, 2.75) is 19.3 Å². The number of rotatable bonds is 2. The van der Waals surface area contributed by atoms with Gasteiger partial charge in [0.05, 0.1) is 23.3 Å². The van der Waals surface area contributed by atoms with Crippen molar-refractivity contribution >= 4 is 21.9 Å². The largest absolute Gasteiger partial charge is 0.462 e. The Morgan fingerprint density at radius 2 is 1.70 bits per heavy atom. The first kappa shape index (κ1) is 16.8. The number of esters is 1. The van der Waals surface area contributed by atoms with Crippen LogP contribution < -0.4 is 0 Å². The first-order valence-electron chi connectivity index (χ1n) is 5.13. The molecule has 112 valence electrons. The van der Waals surface area contributed by atoms with Gasteiger partial charge in [-0.2, -0.15) is 26.3 Å². The van der Waals surface area contributed by atoms with Crippen molar-refractivity contribution in [3.63, 3.8) is 0 Å². The molecule has 0 amide bonds. The second-order valence-corrected chi connectivity index (χ2v) is 4.45. The van der Waals surface area contributed by atoms with E-state index in [-0.39, 0.29) is 12.7 Å². The standard InChI is InChI=1S/C11H7BrF6O2/c1-2-20-9(19)5-3-6(10(13,14)15)8(7(12)4-5)11(16,17)18/h3-4H,2H2,1H3. The highest BCUT2D eigenvalue weighted by atomic mass is 79.9. The van der Waals surface area contributed by atoms with Crippen LogP contribution in [0.1, 0.15) is 28.4 Å². The molecule has 0 spiro atoms. The zero-order valence-corrected chi connectivity index (χ0v) is 11.4. The molecule has 1 aromatic rings. The lowest BCUT2D eigenvalue weighted by molar-refractivity contribution is -0.162. The third-order valence-corrected chi connectivity index (χ3v) is 2.82. The Bertz CT molecular complexity index is 521. The smallest absolute Gasteiger partial charge is 0.418 e. The van der Waals surface area contributed by atoms with E-state index >= 15 is 0 Å². The number of benzene rings is 1. The number of halogens is 7. The molecule has 0 radical (unpaired) electrons. The minimum Gasteiger partial charge on any atom is -0.462 e. The van der Waals surface area contributed by atoms with Gasteiger partial charge in [0.2, 0.25) is 0 Å². The molecule has 0 aliphatic carbocycles. The van der Waals surface area contributed by atoms with Crippen LogP contribution in [0.15, 0.2) is 16.6 Å². The van der Waals surface area contributed by atoms with Gasteiger partial charge >= 0.3 is 18.3 Å². The van der Waals surface area contributed by atoms with Gasteiger partial charge < -0.3 is 4.74 Å². The molecule has 0 N–H and O–H groups in total. The summed E-state index contributed by atoms with van der Waals surface area (Å²) in [5.41, 5.74) is -4.43. The quantitative estimate of drug-likeness (QED) is 0.563. The van der Waals surface area contributed by atoms with Gasteiger partial charge in [-0.15, -0.1) is 0 Å². The molecule has 0 aliphatic heterocycles. The van der Waals surface area contributed by atoms with Crippen LogP contribution in [0.4, 0.5) is 26.3 Å². The molecule has 0 fully saturated rings. The summed E-state index contributed by atoms with van der Waals surface area (Å²) in [4.78, 5) is 11.3. The Balaban J connectivity index is 3.54. The Morgan fingerprint density at radius 3 is 2.10 bits per heavy atom. The monoisotopic (exact) mass is 364 g/mol. The van der Waals surface area contributed by atoms with E-state index in [9.17, 15) is 31.1 Å². The van der Waals surface area contributed by atoms with Gasteiger partial charge in [0.25, 0.3) is 0 Å². The van der Waals surface area contributed by atoms with Crippen molar-refractivity contribution < 1.29 is 35.9 Å². The van der Waals surface area contributed by atoms with Crippen LogP contribution in [0, 0.1) is 0 Å². The summed E-state index contributed by atoms with van der Waals surface area (Å²) in [7, 11) is 0. The highest BCUT2D eigenvalue weighted by molar-refractivity contribution is 9.10. The normalized spacial score (nSPS) is 12.4. The maximum Gasteiger partial charge on any atom is 0.418 e. The van der Waals surface area contributed by atoms with Crippen molar-refractivity contribution in [3.8, 4) is 0 Å². The summed E-state index contributed by atoms with van der Waals surface area (Å²) < 4.78 is 79.8. The number of carbonyl (C=O) groups is 1. The summed E-state index contributed by atoms with van der Waals surface area (Å²) in [5.74, 6) is -1.13. The number of hydrogen-bond acceptors (Lipinski definition) is 2. The van der Waals surface area contributed by atoms with Crippen LogP contribution in [0.5, 0.6) is 0 Å². The second kappa shape index (κ2) is 5.63. The molecule has 0 aliphatic rings. The van der Waals surface area contributed by atoms with E-state index in [0.717, 1.165) is 0 Å². The van der Waals surface area contributed by atoms with E-state index in [1.807, 2.05) is 0 Å². The van der Waals surface area contributed by atoms with Crippen molar-refractivity contribution in [3.05, 3.63) is 33.3 Å². The van der Waals surface area contributed by atoms with Gasteiger partial charge in [-0.3, -0.25) is 0 Å². The van der Waals surface area contributed by atoms with Gasteiger partial charge in [-0.05, 0) is 19.1 Å². The van der Waals surface area contributed by atoms with Crippen molar-refractivity contribution in [1.82, 2.24) is 0 Å². The Kier molecular flexibility index (Phi) is 4.73. The zero-order valence-electron chi connectivity index (χ0n) is 9.82. The molecule has 1 rings (SSSR count). The van der Waals surface area contributed by atoms with Gasteiger partial charge in [-0.25, -0.2) is 4.79 Å². The topological polar surface area (TPSA) is 26.3 Å². The van der Waals surface area contributed by atoms with E-state index in [1.54, 1.807) is 0 Å². The highest BCUT2D eigenvalue weighted by Gasteiger charge is 2.45. The average Bonchev–Trinajstić information content (AvgIpc) is 2.25. The van der Waals surface area contributed by atoms with Crippen LogP contribution in [-0.4, -0.2) is 12.6 Å². The maximum atomic E-state index is 12.7. The first-order valence-corrected chi connectivity index (χ1v) is 5.92. The van der Waals surface area contributed by atoms with E-state index in [2.05, 4.69) is 20.7 Å². The Morgan fingerprint density at radius 1 is 1.15 bits per heavy atom. The predicted octanol–water partition coefficient (Wildman–Crippen LogP) is 4.66.